The van der Waals surface area contributed by atoms with E-state index in [1.165, 1.54) is 16.7 Å². The maximum atomic E-state index is 13.3. The number of carbonyl (C=O) groups excluding carboxylic acids is 1. The van der Waals surface area contributed by atoms with Gasteiger partial charge in [0.1, 0.15) is 27.5 Å². The molecule has 2 aromatic heterocycles. The van der Waals surface area contributed by atoms with Gasteiger partial charge in [0.25, 0.3) is 11.5 Å². The number of piperazine rings is 1. The SMILES string of the molecule is CCCn1c(N2CCN(CC)CC2)c(/C=C2\SC(=S)N(Cc3ccco3)C2=O)c(C)c(C#N)c1=O. The number of rotatable bonds is 7. The summed E-state index contributed by atoms with van der Waals surface area (Å²) in [6.45, 7) is 11.0. The van der Waals surface area contributed by atoms with Crippen molar-refractivity contribution in [1.82, 2.24) is 14.4 Å². The second-order valence-corrected chi connectivity index (χ2v) is 10.3. The summed E-state index contributed by atoms with van der Waals surface area (Å²) in [5.41, 5.74) is 1.17. The molecule has 1 amide bonds. The third kappa shape index (κ3) is 4.94. The molecular weight excluding hydrogens is 482 g/mol. The highest BCUT2D eigenvalue weighted by Gasteiger charge is 2.34. The Morgan fingerprint density at radius 2 is 1.97 bits per heavy atom. The van der Waals surface area contributed by atoms with Crippen LogP contribution in [-0.2, 0) is 17.9 Å². The number of aromatic nitrogens is 1. The van der Waals surface area contributed by atoms with Gasteiger partial charge in [-0.1, -0.05) is 37.8 Å². The van der Waals surface area contributed by atoms with Gasteiger partial charge in [-0.05, 0) is 43.7 Å². The van der Waals surface area contributed by atoms with Gasteiger partial charge in [-0.15, -0.1) is 0 Å². The van der Waals surface area contributed by atoms with Crippen molar-refractivity contribution in [2.24, 2.45) is 0 Å². The number of amides is 1. The van der Waals surface area contributed by atoms with Crippen LogP contribution in [0.1, 0.15) is 42.7 Å². The van der Waals surface area contributed by atoms with Gasteiger partial charge in [0, 0.05) is 38.3 Å². The summed E-state index contributed by atoms with van der Waals surface area (Å²) < 4.78 is 7.57. The lowest BCUT2D eigenvalue weighted by atomic mass is 10.0. The summed E-state index contributed by atoms with van der Waals surface area (Å²) in [6.07, 6.45) is 4.13. The van der Waals surface area contributed by atoms with Crippen molar-refractivity contribution in [3.05, 3.63) is 56.1 Å². The van der Waals surface area contributed by atoms with Crippen molar-refractivity contribution in [3.63, 3.8) is 0 Å². The number of carbonyl (C=O) groups is 1. The highest BCUT2D eigenvalue weighted by atomic mass is 32.2. The first-order valence-electron chi connectivity index (χ1n) is 11.8. The van der Waals surface area contributed by atoms with Gasteiger partial charge in [-0.25, -0.2) is 0 Å². The minimum atomic E-state index is -0.276. The molecule has 0 saturated carbocycles. The van der Waals surface area contributed by atoms with Gasteiger partial charge in [0.05, 0.1) is 17.7 Å². The van der Waals surface area contributed by atoms with Gasteiger partial charge < -0.3 is 14.2 Å². The summed E-state index contributed by atoms with van der Waals surface area (Å²) in [4.78, 5) is 33.2. The molecule has 4 heterocycles. The Hall–Kier alpha value is -2.87. The maximum Gasteiger partial charge on any atom is 0.270 e. The van der Waals surface area contributed by atoms with Crippen molar-refractivity contribution in [3.8, 4) is 6.07 Å². The fraction of sp³-hybridized carbons (Fsp3) is 0.440. The Labute approximate surface area is 214 Å². The number of hydrogen-bond acceptors (Lipinski definition) is 8. The highest BCUT2D eigenvalue weighted by Crippen LogP contribution is 2.36. The van der Waals surface area contributed by atoms with E-state index < -0.39 is 0 Å². The zero-order valence-electron chi connectivity index (χ0n) is 20.2. The van der Waals surface area contributed by atoms with E-state index in [2.05, 4.69) is 22.8 Å². The van der Waals surface area contributed by atoms with Crippen LogP contribution in [0.15, 0.2) is 32.5 Å². The van der Waals surface area contributed by atoms with Crippen LogP contribution in [0.4, 0.5) is 5.82 Å². The van der Waals surface area contributed by atoms with E-state index in [9.17, 15) is 14.9 Å². The zero-order valence-corrected chi connectivity index (χ0v) is 21.9. The molecule has 0 radical (unpaired) electrons. The molecule has 184 valence electrons. The topological polar surface area (TPSA) is 85.7 Å². The Morgan fingerprint density at radius 3 is 2.57 bits per heavy atom. The second-order valence-electron chi connectivity index (χ2n) is 8.57. The summed E-state index contributed by atoms with van der Waals surface area (Å²) >= 11 is 6.73. The summed E-state index contributed by atoms with van der Waals surface area (Å²) in [5.74, 6) is 1.22. The average Bonchev–Trinajstić information content (AvgIpc) is 3.47. The van der Waals surface area contributed by atoms with Crippen molar-refractivity contribution < 1.29 is 9.21 Å². The number of likely N-dealkylation sites (N-methyl/N-ethyl adjacent to an activating group) is 1. The molecule has 35 heavy (non-hydrogen) atoms. The van der Waals surface area contributed by atoms with Crippen LogP contribution in [0, 0.1) is 18.3 Å². The van der Waals surface area contributed by atoms with Crippen LogP contribution >= 0.6 is 24.0 Å². The van der Waals surface area contributed by atoms with E-state index in [0.29, 0.717) is 27.1 Å². The zero-order chi connectivity index (χ0) is 25.1. The highest BCUT2D eigenvalue weighted by molar-refractivity contribution is 8.26. The molecule has 2 aliphatic rings. The number of hydrogen-bond donors (Lipinski definition) is 0. The molecule has 0 unspecified atom stereocenters. The molecule has 0 bridgehead atoms. The van der Waals surface area contributed by atoms with Crippen molar-refractivity contribution in [2.45, 2.75) is 40.3 Å². The Morgan fingerprint density at radius 1 is 1.23 bits per heavy atom. The fourth-order valence-corrected chi connectivity index (χ4v) is 5.75. The van der Waals surface area contributed by atoms with E-state index in [1.54, 1.807) is 29.9 Å². The lowest BCUT2D eigenvalue weighted by molar-refractivity contribution is -0.122. The monoisotopic (exact) mass is 511 g/mol. The number of furan rings is 1. The third-order valence-electron chi connectivity index (χ3n) is 6.46. The smallest absolute Gasteiger partial charge is 0.270 e. The number of nitriles is 1. The molecule has 10 heteroatoms. The maximum absolute atomic E-state index is 13.3. The lowest BCUT2D eigenvalue weighted by Gasteiger charge is -2.37. The molecule has 2 saturated heterocycles. The van der Waals surface area contributed by atoms with E-state index >= 15 is 0 Å². The van der Waals surface area contributed by atoms with Crippen LogP contribution in [0.2, 0.25) is 0 Å². The third-order valence-corrected chi connectivity index (χ3v) is 7.83. The predicted molar refractivity (Wildman–Crippen MR) is 142 cm³/mol. The number of thioether (sulfide) groups is 1. The summed E-state index contributed by atoms with van der Waals surface area (Å²) in [6, 6.07) is 5.68. The minimum absolute atomic E-state index is 0.117. The molecule has 0 atom stereocenters. The molecule has 4 rings (SSSR count). The molecule has 0 N–H and O–H groups in total. The predicted octanol–water partition coefficient (Wildman–Crippen LogP) is 3.57. The molecule has 2 aliphatic heterocycles. The quantitative estimate of drug-likeness (QED) is 0.412. The number of anilines is 1. The Balaban J connectivity index is 1.81. The van der Waals surface area contributed by atoms with Crippen molar-refractivity contribution >= 4 is 46.1 Å². The van der Waals surface area contributed by atoms with Gasteiger partial charge in [0.2, 0.25) is 0 Å². The van der Waals surface area contributed by atoms with E-state index in [4.69, 9.17) is 16.6 Å². The minimum Gasteiger partial charge on any atom is -0.467 e. The van der Waals surface area contributed by atoms with E-state index in [1.807, 2.05) is 13.0 Å². The Bertz CT molecular complexity index is 1250. The van der Waals surface area contributed by atoms with Gasteiger partial charge in [0.15, 0.2) is 0 Å². The normalized spacial score (nSPS) is 18.1. The van der Waals surface area contributed by atoms with Crippen LogP contribution in [0.3, 0.4) is 0 Å². The molecule has 2 fully saturated rings. The standard InChI is InChI=1S/C25H29N5O3S2/c1-4-8-29-22(28-11-9-27(5-2)10-12-28)19(17(3)20(15-26)23(29)31)14-21-24(32)30(25(34)35-21)16-18-7-6-13-33-18/h6-7,13-14H,4-5,8-12,16H2,1-3H3/b21-14-. The lowest BCUT2D eigenvalue weighted by Crippen LogP contribution is -2.48. The average molecular weight is 512 g/mol. The molecule has 0 aliphatic carbocycles. The fourth-order valence-electron chi connectivity index (χ4n) is 4.52. The van der Waals surface area contributed by atoms with Crippen molar-refractivity contribution in [1.29, 1.82) is 5.26 Å². The van der Waals surface area contributed by atoms with Crippen LogP contribution < -0.4 is 10.5 Å². The van der Waals surface area contributed by atoms with Gasteiger partial charge >= 0.3 is 0 Å². The largest absolute Gasteiger partial charge is 0.467 e. The summed E-state index contributed by atoms with van der Waals surface area (Å²) in [5, 5.41) is 9.81. The van der Waals surface area contributed by atoms with E-state index in [0.717, 1.165) is 50.5 Å². The molecule has 0 spiro atoms. The first-order valence-corrected chi connectivity index (χ1v) is 13.0. The number of nitrogens with zero attached hydrogens (tertiary/aromatic N) is 5. The second kappa shape index (κ2) is 10.8. The number of thiocarbonyl (C=S) groups is 1. The van der Waals surface area contributed by atoms with Gasteiger partial charge in [-0.3, -0.25) is 19.1 Å². The molecule has 2 aromatic rings. The molecule has 8 nitrogen and oxygen atoms in total. The number of pyridine rings is 1. The molecule has 0 aromatic carbocycles. The van der Waals surface area contributed by atoms with Crippen LogP contribution in [0.5, 0.6) is 0 Å². The van der Waals surface area contributed by atoms with Crippen LogP contribution in [-0.4, -0.2) is 57.3 Å². The van der Waals surface area contributed by atoms with E-state index in [-0.39, 0.29) is 23.6 Å². The van der Waals surface area contributed by atoms with Gasteiger partial charge in [-0.2, -0.15) is 5.26 Å². The van der Waals surface area contributed by atoms with Crippen molar-refractivity contribution in [2.75, 3.05) is 37.6 Å². The van der Waals surface area contributed by atoms with Crippen LogP contribution in [0.25, 0.3) is 6.08 Å². The first kappa shape index (κ1) is 25.2. The summed E-state index contributed by atoms with van der Waals surface area (Å²) in [7, 11) is 0. The Kier molecular flexibility index (Phi) is 7.79. The first-order chi connectivity index (χ1) is 16.9. The molecular formula is C25H29N5O3S2.